The first-order valence-corrected chi connectivity index (χ1v) is 6.39. The van der Waals surface area contributed by atoms with E-state index in [0.29, 0.717) is 5.56 Å². The van der Waals surface area contributed by atoms with Gasteiger partial charge < -0.3 is 4.18 Å². The van der Waals surface area contributed by atoms with Crippen LogP contribution in [0.4, 0.5) is 13.2 Å². The van der Waals surface area contributed by atoms with E-state index in [-0.39, 0.29) is 9.32 Å². The van der Waals surface area contributed by atoms with Gasteiger partial charge in [-0.25, -0.2) is 0 Å². The molecule has 0 N–H and O–H groups in total. The van der Waals surface area contributed by atoms with Crippen molar-refractivity contribution in [1.29, 1.82) is 0 Å². The molecule has 0 saturated carbocycles. The van der Waals surface area contributed by atoms with Crippen LogP contribution in [0.1, 0.15) is 5.56 Å². The van der Waals surface area contributed by atoms with Crippen LogP contribution in [0.2, 0.25) is 0 Å². The molecule has 0 unspecified atom stereocenters. The third kappa shape index (κ3) is 3.00. The first-order valence-electron chi connectivity index (χ1n) is 3.90. The van der Waals surface area contributed by atoms with Gasteiger partial charge in [-0.3, -0.25) is 0 Å². The Bertz CT molecular complexity index is 496. The van der Waals surface area contributed by atoms with Crippen molar-refractivity contribution in [2.24, 2.45) is 0 Å². The molecule has 0 radical (unpaired) electrons. The lowest BCUT2D eigenvalue weighted by Gasteiger charge is -2.10. The van der Waals surface area contributed by atoms with Crippen LogP contribution in [-0.2, 0) is 10.1 Å². The summed E-state index contributed by atoms with van der Waals surface area (Å²) in [7, 11) is -5.59. The molecular formula is C8H6F3IO3S. The minimum atomic E-state index is -5.59. The van der Waals surface area contributed by atoms with Crippen LogP contribution >= 0.6 is 22.6 Å². The van der Waals surface area contributed by atoms with Crippen LogP contribution in [0, 0.1) is 10.5 Å². The molecule has 0 aliphatic rings. The number of rotatable bonds is 2. The lowest BCUT2D eigenvalue weighted by molar-refractivity contribution is -0.0500. The highest BCUT2D eigenvalue weighted by Gasteiger charge is 2.48. The largest absolute Gasteiger partial charge is 0.534 e. The fraction of sp³-hybridized carbons (Fsp3) is 0.250. The Morgan fingerprint density at radius 3 is 2.38 bits per heavy atom. The Morgan fingerprint density at radius 2 is 1.88 bits per heavy atom. The summed E-state index contributed by atoms with van der Waals surface area (Å²) in [6.45, 7) is 1.61. The van der Waals surface area contributed by atoms with Crippen LogP contribution in [0.15, 0.2) is 18.2 Å². The average Bonchev–Trinajstić information content (AvgIpc) is 2.09. The van der Waals surface area contributed by atoms with Crippen molar-refractivity contribution in [2.45, 2.75) is 12.4 Å². The molecule has 0 aliphatic heterocycles. The van der Waals surface area contributed by atoms with Crippen LogP contribution in [0.5, 0.6) is 5.75 Å². The van der Waals surface area contributed by atoms with Gasteiger partial charge in [0.05, 0.1) is 3.57 Å². The van der Waals surface area contributed by atoms with E-state index in [2.05, 4.69) is 4.18 Å². The summed E-state index contributed by atoms with van der Waals surface area (Å²) in [6, 6.07) is 4.33. The van der Waals surface area contributed by atoms with Gasteiger partial charge in [0.1, 0.15) is 0 Å². The zero-order chi connectivity index (χ0) is 12.6. The monoisotopic (exact) mass is 366 g/mol. The molecule has 0 heterocycles. The van der Waals surface area contributed by atoms with E-state index in [1.54, 1.807) is 35.6 Å². The van der Waals surface area contributed by atoms with Crippen molar-refractivity contribution in [3.8, 4) is 5.75 Å². The highest BCUT2D eigenvalue weighted by atomic mass is 127. The first kappa shape index (κ1) is 13.6. The van der Waals surface area contributed by atoms with E-state index >= 15 is 0 Å². The number of alkyl halides is 3. The molecule has 0 spiro atoms. The van der Waals surface area contributed by atoms with Crippen LogP contribution in [0.3, 0.4) is 0 Å². The van der Waals surface area contributed by atoms with Gasteiger partial charge in [0.15, 0.2) is 5.75 Å². The molecule has 1 aromatic rings. The van der Waals surface area contributed by atoms with Crippen molar-refractivity contribution in [3.63, 3.8) is 0 Å². The zero-order valence-electron chi connectivity index (χ0n) is 7.88. The molecule has 0 atom stereocenters. The number of hydrogen-bond donors (Lipinski definition) is 0. The van der Waals surface area contributed by atoms with E-state index in [4.69, 9.17) is 0 Å². The SMILES string of the molecule is Cc1ccc(I)c(OS(=O)(=O)C(F)(F)F)c1. The summed E-state index contributed by atoms with van der Waals surface area (Å²) < 4.78 is 61.9. The van der Waals surface area contributed by atoms with Gasteiger partial charge in [-0.15, -0.1) is 0 Å². The molecule has 90 valence electrons. The maximum atomic E-state index is 12.0. The Hall–Kier alpha value is -0.510. The third-order valence-electron chi connectivity index (χ3n) is 1.57. The number of halogens is 4. The smallest absolute Gasteiger partial charge is 0.375 e. The molecule has 0 fully saturated rings. The predicted octanol–water partition coefficient (Wildman–Crippen LogP) is 2.83. The van der Waals surface area contributed by atoms with Gasteiger partial charge in [0.2, 0.25) is 0 Å². The molecule has 1 aromatic carbocycles. The second-order valence-electron chi connectivity index (χ2n) is 2.92. The van der Waals surface area contributed by atoms with Crippen molar-refractivity contribution in [1.82, 2.24) is 0 Å². The second kappa shape index (κ2) is 4.40. The van der Waals surface area contributed by atoms with Gasteiger partial charge in [-0.05, 0) is 47.2 Å². The van der Waals surface area contributed by atoms with Gasteiger partial charge in [-0.2, -0.15) is 21.6 Å². The molecule has 16 heavy (non-hydrogen) atoms. The summed E-state index contributed by atoms with van der Waals surface area (Å²) in [4.78, 5) is 0. The molecule has 8 heteroatoms. The molecule has 0 bridgehead atoms. The van der Waals surface area contributed by atoms with Crippen molar-refractivity contribution in [2.75, 3.05) is 0 Å². The molecule has 3 nitrogen and oxygen atoms in total. The lowest BCUT2D eigenvalue weighted by Crippen LogP contribution is -2.28. The molecule has 0 aliphatic carbocycles. The molecule has 1 rings (SSSR count). The number of aryl methyl sites for hydroxylation is 1. The first-order chi connectivity index (χ1) is 7.13. The van der Waals surface area contributed by atoms with Crippen LogP contribution < -0.4 is 4.18 Å². The Kier molecular flexibility index (Phi) is 3.72. The van der Waals surface area contributed by atoms with E-state index in [0.717, 1.165) is 0 Å². The maximum absolute atomic E-state index is 12.0. The minimum absolute atomic E-state index is 0.288. The van der Waals surface area contributed by atoms with E-state index in [1.807, 2.05) is 0 Å². The standard InChI is InChI=1S/C8H6F3IO3S/c1-5-2-3-6(12)7(4-5)15-16(13,14)8(9,10)11/h2-4H,1H3. The Morgan fingerprint density at radius 1 is 1.31 bits per heavy atom. The van der Waals surface area contributed by atoms with Crippen LogP contribution in [-0.4, -0.2) is 13.9 Å². The average molecular weight is 366 g/mol. The topological polar surface area (TPSA) is 43.4 Å². The van der Waals surface area contributed by atoms with Crippen molar-refractivity contribution < 1.29 is 25.8 Å². The van der Waals surface area contributed by atoms with Gasteiger partial charge in [0, 0.05) is 0 Å². The highest BCUT2D eigenvalue weighted by Crippen LogP contribution is 2.30. The normalized spacial score (nSPS) is 12.6. The van der Waals surface area contributed by atoms with E-state index in [1.165, 1.54) is 12.1 Å². The highest BCUT2D eigenvalue weighted by molar-refractivity contribution is 14.1. The quantitative estimate of drug-likeness (QED) is 0.459. The van der Waals surface area contributed by atoms with E-state index in [9.17, 15) is 21.6 Å². The number of hydrogen-bond acceptors (Lipinski definition) is 3. The zero-order valence-corrected chi connectivity index (χ0v) is 10.9. The summed E-state index contributed by atoms with van der Waals surface area (Å²) in [5, 5.41) is 0. The summed E-state index contributed by atoms with van der Waals surface area (Å²) in [5.41, 5.74) is -4.81. The van der Waals surface area contributed by atoms with Crippen molar-refractivity contribution in [3.05, 3.63) is 27.3 Å². The van der Waals surface area contributed by atoms with Gasteiger partial charge >= 0.3 is 15.6 Å². The van der Waals surface area contributed by atoms with Gasteiger partial charge in [0.25, 0.3) is 0 Å². The molecular weight excluding hydrogens is 360 g/mol. The fourth-order valence-electron chi connectivity index (χ4n) is 0.840. The Balaban J connectivity index is 3.11. The van der Waals surface area contributed by atoms with Crippen LogP contribution in [0.25, 0.3) is 0 Å². The summed E-state index contributed by atoms with van der Waals surface area (Å²) in [6.07, 6.45) is 0. The Labute approximate surface area is 104 Å². The van der Waals surface area contributed by atoms with Gasteiger partial charge in [-0.1, -0.05) is 6.07 Å². The predicted molar refractivity (Wildman–Crippen MR) is 59.5 cm³/mol. The summed E-state index contributed by atoms with van der Waals surface area (Å²) >= 11 is 1.69. The summed E-state index contributed by atoms with van der Waals surface area (Å²) in [5.74, 6) is -0.321. The maximum Gasteiger partial charge on any atom is 0.534 e. The molecule has 0 saturated heterocycles. The third-order valence-corrected chi connectivity index (χ3v) is 3.43. The second-order valence-corrected chi connectivity index (χ2v) is 5.62. The van der Waals surface area contributed by atoms with E-state index < -0.39 is 15.6 Å². The van der Waals surface area contributed by atoms with Crippen molar-refractivity contribution >= 4 is 32.7 Å². The molecule has 0 amide bonds. The number of benzene rings is 1. The molecule has 0 aromatic heterocycles. The fourth-order valence-corrected chi connectivity index (χ4v) is 1.90. The minimum Gasteiger partial charge on any atom is -0.375 e. The lowest BCUT2D eigenvalue weighted by atomic mass is 10.2.